The topological polar surface area (TPSA) is 43.1 Å². The van der Waals surface area contributed by atoms with Crippen molar-refractivity contribution >= 4 is 21.6 Å². The third kappa shape index (κ3) is 2.36. The third-order valence-corrected chi connectivity index (χ3v) is 3.46. The van der Waals surface area contributed by atoms with Crippen molar-refractivity contribution < 1.29 is 4.92 Å². The van der Waals surface area contributed by atoms with Gasteiger partial charge in [0.25, 0.3) is 5.69 Å². The lowest BCUT2D eigenvalue weighted by molar-refractivity contribution is -0.384. The van der Waals surface area contributed by atoms with Crippen LogP contribution in [0.5, 0.6) is 0 Å². The summed E-state index contributed by atoms with van der Waals surface area (Å²) in [6.07, 6.45) is 0. The van der Waals surface area contributed by atoms with E-state index in [9.17, 15) is 10.1 Å². The van der Waals surface area contributed by atoms with Gasteiger partial charge in [-0.2, -0.15) is 0 Å². The standard InChI is InChI=1S/C13H10BrNO2/c1-9-8-10(6-7-12(9)14)11-4-2-3-5-13(11)15(16)17/h2-8H,1H3. The lowest BCUT2D eigenvalue weighted by Gasteiger charge is -2.05. The van der Waals surface area contributed by atoms with Crippen molar-refractivity contribution in [3.05, 3.63) is 62.6 Å². The first-order chi connectivity index (χ1) is 8.09. The monoisotopic (exact) mass is 291 g/mol. The summed E-state index contributed by atoms with van der Waals surface area (Å²) in [5.74, 6) is 0. The van der Waals surface area contributed by atoms with Crippen LogP contribution in [0.3, 0.4) is 0 Å². The van der Waals surface area contributed by atoms with Gasteiger partial charge in [0.15, 0.2) is 0 Å². The van der Waals surface area contributed by atoms with Crippen molar-refractivity contribution in [2.75, 3.05) is 0 Å². The van der Waals surface area contributed by atoms with E-state index in [-0.39, 0.29) is 10.6 Å². The first-order valence-corrected chi connectivity index (χ1v) is 5.89. The summed E-state index contributed by atoms with van der Waals surface area (Å²) in [6, 6.07) is 12.5. The second kappa shape index (κ2) is 4.67. The molecule has 86 valence electrons. The van der Waals surface area contributed by atoms with Crippen LogP contribution in [-0.4, -0.2) is 4.92 Å². The maximum Gasteiger partial charge on any atom is 0.277 e. The fourth-order valence-corrected chi connectivity index (χ4v) is 1.94. The zero-order valence-corrected chi connectivity index (χ0v) is 10.8. The zero-order valence-electron chi connectivity index (χ0n) is 9.18. The van der Waals surface area contributed by atoms with E-state index in [2.05, 4.69) is 15.9 Å². The molecule has 0 aromatic heterocycles. The summed E-state index contributed by atoms with van der Waals surface area (Å²) >= 11 is 3.42. The molecule has 0 aliphatic rings. The van der Waals surface area contributed by atoms with Gasteiger partial charge in [-0.1, -0.05) is 40.2 Å². The Morgan fingerprint density at radius 2 is 1.88 bits per heavy atom. The number of para-hydroxylation sites is 1. The highest BCUT2D eigenvalue weighted by Gasteiger charge is 2.14. The lowest BCUT2D eigenvalue weighted by Crippen LogP contribution is -1.91. The number of nitro benzene ring substituents is 1. The number of hydrogen-bond acceptors (Lipinski definition) is 2. The van der Waals surface area contributed by atoms with Gasteiger partial charge in [0.2, 0.25) is 0 Å². The molecule has 2 aromatic carbocycles. The first-order valence-electron chi connectivity index (χ1n) is 5.09. The molecule has 4 heteroatoms. The molecule has 0 atom stereocenters. The van der Waals surface area contributed by atoms with E-state index in [0.717, 1.165) is 15.6 Å². The molecule has 2 rings (SSSR count). The minimum Gasteiger partial charge on any atom is -0.258 e. The van der Waals surface area contributed by atoms with E-state index >= 15 is 0 Å². The Hall–Kier alpha value is -1.68. The van der Waals surface area contributed by atoms with Crippen LogP contribution in [0.15, 0.2) is 46.9 Å². The summed E-state index contributed by atoms with van der Waals surface area (Å²) in [5.41, 5.74) is 2.70. The van der Waals surface area contributed by atoms with Crippen LogP contribution in [0.25, 0.3) is 11.1 Å². The van der Waals surface area contributed by atoms with E-state index in [0.29, 0.717) is 5.56 Å². The Bertz CT molecular complexity index is 581. The molecule has 0 amide bonds. The molecule has 0 saturated carbocycles. The Labute approximate surface area is 107 Å². The van der Waals surface area contributed by atoms with Crippen molar-refractivity contribution in [2.45, 2.75) is 6.92 Å². The summed E-state index contributed by atoms with van der Waals surface area (Å²) in [5, 5.41) is 10.9. The third-order valence-electron chi connectivity index (χ3n) is 2.57. The minimum atomic E-state index is -0.354. The summed E-state index contributed by atoms with van der Waals surface area (Å²) < 4.78 is 1.000. The van der Waals surface area contributed by atoms with E-state index in [4.69, 9.17) is 0 Å². The summed E-state index contributed by atoms with van der Waals surface area (Å²) in [6.45, 7) is 1.96. The van der Waals surface area contributed by atoms with Crippen LogP contribution >= 0.6 is 15.9 Å². The van der Waals surface area contributed by atoms with E-state index in [1.54, 1.807) is 18.2 Å². The quantitative estimate of drug-likeness (QED) is 0.610. The van der Waals surface area contributed by atoms with Gasteiger partial charge >= 0.3 is 0 Å². The smallest absolute Gasteiger partial charge is 0.258 e. The second-order valence-corrected chi connectivity index (χ2v) is 4.59. The van der Waals surface area contributed by atoms with Crippen LogP contribution in [-0.2, 0) is 0 Å². The SMILES string of the molecule is Cc1cc(-c2ccccc2[N+](=O)[O-])ccc1Br. The highest BCUT2D eigenvalue weighted by molar-refractivity contribution is 9.10. The summed E-state index contributed by atoms with van der Waals surface area (Å²) in [7, 11) is 0. The Morgan fingerprint density at radius 1 is 1.18 bits per heavy atom. The molecule has 0 heterocycles. The molecule has 0 bridgehead atoms. The highest BCUT2D eigenvalue weighted by atomic mass is 79.9. The van der Waals surface area contributed by atoms with Gasteiger partial charge in [0.1, 0.15) is 0 Å². The number of aryl methyl sites for hydroxylation is 1. The number of rotatable bonds is 2. The molecule has 0 unspecified atom stereocenters. The van der Waals surface area contributed by atoms with Crippen LogP contribution < -0.4 is 0 Å². The minimum absolute atomic E-state index is 0.134. The number of benzene rings is 2. The van der Waals surface area contributed by atoms with E-state index in [1.807, 2.05) is 25.1 Å². The van der Waals surface area contributed by atoms with Gasteiger partial charge in [-0.15, -0.1) is 0 Å². The largest absolute Gasteiger partial charge is 0.277 e. The van der Waals surface area contributed by atoms with Crippen LogP contribution in [0.4, 0.5) is 5.69 Å². The molecule has 0 fully saturated rings. The Kier molecular flexibility index (Phi) is 3.24. The normalized spacial score (nSPS) is 10.2. The molecular formula is C13H10BrNO2. The molecule has 17 heavy (non-hydrogen) atoms. The van der Waals surface area contributed by atoms with Crippen LogP contribution in [0, 0.1) is 17.0 Å². The highest BCUT2D eigenvalue weighted by Crippen LogP contribution is 2.31. The molecule has 3 nitrogen and oxygen atoms in total. The van der Waals surface area contributed by atoms with Gasteiger partial charge < -0.3 is 0 Å². The van der Waals surface area contributed by atoms with E-state index in [1.165, 1.54) is 6.07 Å². The van der Waals surface area contributed by atoms with Gasteiger partial charge in [-0.25, -0.2) is 0 Å². The van der Waals surface area contributed by atoms with Gasteiger partial charge in [0, 0.05) is 10.5 Å². The average molecular weight is 292 g/mol. The van der Waals surface area contributed by atoms with Gasteiger partial charge in [0.05, 0.1) is 10.5 Å². The van der Waals surface area contributed by atoms with Crippen molar-refractivity contribution in [2.24, 2.45) is 0 Å². The van der Waals surface area contributed by atoms with E-state index < -0.39 is 0 Å². The molecule has 0 radical (unpaired) electrons. The molecule has 0 spiro atoms. The predicted octanol–water partition coefficient (Wildman–Crippen LogP) is 4.33. The average Bonchev–Trinajstić information content (AvgIpc) is 2.32. The second-order valence-electron chi connectivity index (χ2n) is 3.74. The first kappa shape index (κ1) is 11.8. The molecule has 0 aliphatic carbocycles. The maximum atomic E-state index is 10.9. The maximum absolute atomic E-state index is 10.9. The van der Waals surface area contributed by atoms with Crippen molar-refractivity contribution in [3.63, 3.8) is 0 Å². The number of nitrogens with zero attached hydrogens (tertiary/aromatic N) is 1. The van der Waals surface area contributed by atoms with Gasteiger partial charge in [-0.05, 0) is 30.2 Å². The van der Waals surface area contributed by atoms with Gasteiger partial charge in [-0.3, -0.25) is 10.1 Å². The van der Waals surface area contributed by atoms with Crippen LogP contribution in [0.2, 0.25) is 0 Å². The van der Waals surface area contributed by atoms with Crippen molar-refractivity contribution in [3.8, 4) is 11.1 Å². The van der Waals surface area contributed by atoms with Crippen LogP contribution in [0.1, 0.15) is 5.56 Å². The Morgan fingerprint density at radius 3 is 2.53 bits per heavy atom. The van der Waals surface area contributed by atoms with Crippen molar-refractivity contribution in [1.29, 1.82) is 0 Å². The lowest BCUT2D eigenvalue weighted by atomic mass is 10.0. The molecule has 0 N–H and O–H groups in total. The number of halogens is 1. The number of nitro groups is 1. The fourth-order valence-electron chi connectivity index (χ4n) is 1.69. The molecular weight excluding hydrogens is 282 g/mol. The Balaban J connectivity index is 2.60. The molecule has 0 aliphatic heterocycles. The molecule has 0 saturated heterocycles. The number of hydrogen-bond donors (Lipinski definition) is 0. The zero-order chi connectivity index (χ0) is 12.4. The summed E-state index contributed by atoms with van der Waals surface area (Å²) in [4.78, 5) is 10.6. The van der Waals surface area contributed by atoms with Crippen molar-refractivity contribution in [1.82, 2.24) is 0 Å². The molecule has 2 aromatic rings. The predicted molar refractivity (Wildman–Crippen MR) is 71.0 cm³/mol. The fraction of sp³-hybridized carbons (Fsp3) is 0.0769.